The number of hydrogen-bond acceptors (Lipinski definition) is 4. The van der Waals surface area contributed by atoms with Gasteiger partial charge in [0.05, 0.1) is 0 Å². The summed E-state index contributed by atoms with van der Waals surface area (Å²) in [7, 11) is 0. The fourth-order valence-electron chi connectivity index (χ4n) is 4.20. The molecule has 5 heteroatoms. The Labute approximate surface area is 154 Å². The van der Waals surface area contributed by atoms with E-state index in [0.717, 1.165) is 56.6 Å². The van der Waals surface area contributed by atoms with Gasteiger partial charge in [0, 0.05) is 37.7 Å². The van der Waals surface area contributed by atoms with E-state index in [1.165, 1.54) is 12.0 Å². The molecular formula is C21H27N3O2. The number of aryl methyl sites for hydroxylation is 1. The summed E-state index contributed by atoms with van der Waals surface area (Å²) in [6, 6.07) is 10.7. The molecule has 2 aliphatic rings. The maximum Gasteiger partial charge on any atom is 0.274 e. The van der Waals surface area contributed by atoms with Crippen LogP contribution in [0.1, 0.15) is 53.6 Å². The fourth-order valence-corrected chi connectivity index (χ4v) is 4.20. The van der Waals surface area contributed by atoms with Gasteiger partial charge in [-0.3, -0.25) is 9.69 Å². The Morgan fingerprint density at radius 2 is 2.00 bits per heavy atom. The smallest absolute Gasteiger partial charge is 0.274 e. The van der Waals surface area contributed by atoms with E-state index in [9.17, 15) is 4.79 Å². The maximum absolute atomic E-state index is 12.8. The van der Waals surface area contributed by atoms with Gasteiger partial charge in [0.15, 0.2) is 5.69 Å². The first kappa shape index (κ1) is 17.3. The van der Waals surface area contributed by atoms with Crippen molar-refractivity contribution in [2.24, 2.45) is 5.92 Å². The summed E-state index contributed by atoms with van der Waals surface area (Å²) < 4.78 is 5.46. The van der Waals surface area contributed by atoms with Gasteiger partial charge < -0.3 is 9.84 Å². The van der Waals surface area contributed by atoms with Crippen LogP contribution in [0, 0.1) is 5.92 Å². The molecule has 4 rings (SSSR count). The molecule has 138 valence electrons. The van der Waals surface area contributed by atoms with Gasteiger partial charge in [0.2, 0.25) is 0 Å². The number of amides is 1. The molecule has 1 saturated heterocycles. The molecule has 1 amide bonds. The zero-order chi connectivity index (χ0) is 17.9. The minimum absolute atomic E-state index is 0.0738. The molecule has 1 aliphatic carbocycles. The lowest BCUT2D eigenvalue weighted by Gasteiger charge is -2.17. The Hall–Kier alpha value is -2.14. The third-order valence-electron chi connectivity index (χ3n) is 5.67. The summed E-state index contributed by atoms with van der Waals surface area (Å²) in [5, 5.41) is 7.31. The highest BCUT2D eigenvalue weighted by atomic mass is 16.5. The number of fused-ring (bicyclic) bond motifs is 1. The second-order valence-corrected chi connectivity index (χ2v) is 7.73. The molecule has 1 aliphatic heterocycles. The van der Waals surface area contributed by atoms with Gasteiger partial charge in [-0.15, -0.1) is 0 Å². The second kappa shape index (κ2) is 7.62. The Kier molecular flexibility index (Phi) is 5.07. The number of carbonyl (C=O) groups excluding carboxylic acids is 1. The molecule has 0 spiro atoms. The molecule has 0 bridgehead atoms. The molecule has 2 unspecified atom stereocenters. The predicted octanol–water partition coefficient (Wildman–Crippen LogP) is 3.19. The molecular weight excluding hydrogens is 326 g/mol. The lowest BCUT2D eigenvalue weighted by atomic mass is 10.0. The molecule has 2 heterocycles. The van der Waals surface area contributed by atoms with Crippen molar-refractivity contribution in [1.29, 1.82) is 0 Å². The Bertz CT molecular complexity index is 756. The first-order valence-electron chi connectivity index (χ1n) is 9.75. The van der Waals surface area contributed by atoms with Crippen molar-refractivity contribution < 1.29 is 9.32 Å². The average Bonchev–Trinajstić information content (AvgIpc) is 3.10. The number of hydrogen-bond donors (Lipinski definition) is 1. The van der Waals surface area contributed by atoms with Crippen molar-refractivity contribution in [3.05, 3.63) is 52.9 Å². The largest absolute Gasteiger partial charge is 0.360 e. The number of nitrogens with zero attached hydrogens (tertiary/aromatic N) is 2. The number of aromatic nitrogens is 1. The summed E-state index contributed by atoms with van der Waals surface area (Å²) in [4.78, 5) is 15.2. The van der Waals surface area contributed by atoms with Crippen LogP contribution in [0.5, 0.6) is 0 Å². The summed E-state index contributed by atoms with van der Waals surface area (Å²) in [6.45, 7) is 5.01. The van der Waals surface area contributed by atoms with Crippen LogP contribution in [0.4, 0.5) is 0 Å². The Morgan fingerprint density at radius 1 is 1.19 bits per heavy atom. The van der Waals surface area contributed by atoms with Crippen LogP contribution in [-0.2, 0) is 19.4 Å². The van der Waals surface area contributed by atoms with Crippen LogP contribution < -0.4 is 5.32 Å². The molecule has 2 aromatic rings. The first-order valence-corrected chi connectivity index (χ1v) is 9.75. The lowest BCUT2D eigenvalue weighted by Crippen LogP contribution is -2.40. The summed E-state index contributed by atoms with van der Waals surface area (Å²) in [5.74, 6) is 1.27. The molecule has 5 nitrogen and oxygen atoms in total. The zero-order valence-corrected chi connectivity index (χ0v) is 15.4. The minimum Gasteiger partial charge on any atom is -0.360 e. The maximum atomic E-state index is 12.8. The first-order chi connectivity index (χ1) is 12.7. The minimum atomic E-state index is -0.0738. The van der Waals surface area contributed by atoms with Crippen molar-refractivity contribution in [1.82, 2.24) is 15.4 Å². The van der Waals surface area contributed by atoms with Gasteiger partial charge in [-0.05, 0) is 30.7 Å². The van der Waals surface area contributed by atoms with Crippen molar-refractivity contribution in [3.63, 3.8) is 0 Å². The van der Waals surface area contributed by atoms with Crippen molar-refractivity contribution in [2.75, 3.05) is 13.1 Å². The van der Waals surface area contributed by atoms with Gasteiger partial charge in [0.25, 0.3) is 5.91 Å². The monoisotopic (exact) mass is 353 g/mol. The highest BCUT2D eigenvalue weighted by Gasteiger charge is 2.32. The number of nitrogens with one attached hydrogen (secondary N) is 1. The third kappa shape index (κ3) is 3.68. The SMILES string of the molecule is CC1CN(Cc2ccccc2)CC1NC(=O)c1noc2c1CCCCC2. The number of carbonyl (C=O) groups is 1. The standard InChI is InChI=1S/C21H27N3O2/c1-15-12-24(13-16-8-4-2-5-9-16)14-18(15)22-21(25)20-17-10-6-3-7-11-19(17)26-23-20/h2,4-5,8-9,15,18H,3,6-7,10-14H2,1H3,(H,22,25). The highest BCUT2D eigenvalue weighted by Crippen LogP contribution is 2.24. The topological polar surface area (TPSA) is 58.4 Å². The van der Waals surface area contributed by atoms with E-state index in [1.54, 1.807) is 0 Å². The van der Waals surface area contributed by atoms with Crippen LogP contribution in [0.3, 0.4) is 0 Å². The molecule has 1 aromatic carbocycles. The number of rotatable bonds is 4. The van der Waals surface area contributed by atoms with Gasteiger partial charge in [-0.1, -0.05) is 48.8 Å². The van der Waals surface area contributed by atoms with Crippen molar-refractivity contribution in [2.45, 2.75) is 51.6 Å². The van der Waals surface area contributed by atoms with Crippen LogP contribution in [0.15, 0.2) is 34.9 Å². The fraction of sp³-hybridized carbons (Fsp3) is 0.524. The summed E-state index contributed by atoms with van der Waals surface area (Å²) >= 11 is 0. The molecule has 1 aromatic heterocycles. The quantitative estimate of drug-likeness (QED) is 0.858. The van der Waals surface area contributed by atoms with E-state index in [1.807, 2.05) is 6.07 Å². The molecule has 0 saturated carbocycles. The molecule has 1 N–H and O–H groups in total. The Morgan fingerprint density at radius 3 is 2.85 bits per heavy atom. The van der Waals surface area contributed by atoms with Crippen LogP contribution in [0.25, 0.3) is 0 Å². The van der Waals surface area contributed by atoms with Crippen LogP contribution in [0.2, 0.25) is 0 Å². The van der Waals surface area contributed by atoms with Gasteiger partial charge >= 0.3 is 0 Å². The van der Waals surface area contributed by atoms with E-state index in [2.05, 4.69) is 46.6 Å². The average molecular weight is 353 g/mol. The predicted molar refractivity (Wildman–Crippen MR) is 99.9 cm³/mol. The van der Waals surface area contributed by atoms with Crippen LogP contribution >= 0.6 is 0 Å². The van der Waals surface area contributed by atoms with E-state index in [4.69, 9.17) is 4.52 Å². The second-order valence-electron chi connectivity index (χ2n) is 7.73. The summed E-state index contributed by atoms with van der Waals surface area (Å²) in [5.41, 5.74) is 2.86. The van der Waals surface area contributed by atoms with Gasteiger partial charge in [-0.2, -0.15) is 0 Å². The van der Waals surface area contributed by atoms with E-state index < -0.39 is 0 Å². The molecule has 2 atom stereocenters. The number of benzene rings is 1. The third-order valence-corrected chi connectivity index (χ3v) is 5.67. The normalized spacial score (nSPS) is 23.4. The van der Waals surface area contributed by atoms with Gasteiger partial charge in [0.1, 0.15) is 5.76 Å². The lowest BCUT2D eigenvalue weighted by molar-refractivity contribution is 0.0921. The number of likely N-dealkylation sites (tertiary alicyclic amines) is 1. The van der Waals surface area contributed by atoms with Gasteiger partial charge in [-0.25, -0.2) is 0 Å². The van der Waals surface area contributed by atoms with Crippen molar-refractivity contribution in [3.8, 4) is 0 Å². The molecule has 1 fully saturated rings. The van der Waals surface area contributed by atoms with E-state index in [0.29, 0.717) is 11.6 Å². The summed E-state index contributed by atoms with van der Waals surface area (Å²) in [6.07, 6.45) is 5.23. The molecule has 0 radical (unpaired) electrons. The highest BCUT2D eigenvalue weighted by molar-refractivity contribution is 5.94. The van der Waals surface area contributed by atoms with E-state index in [-0.39, 0.29) is 11.9 Å². The molecule has 26 heavy (non-hydrogen) atoms. The zero-order valence-electron chi connectivity index (χ0n) is 15.4. The van der Waals surface area contributed by atoms with Crippen molar-refractivity contribution >= 4 is 5.91 Å². The van der Waals surface area contributed by atoms with Crippen LogP contribution in [-0.4, -0.2) is 35.1 Å². The Balaban J connectivity index is 1.39. The van der Waals surface area contributed by atoms with E-state index >= 15 is 0 Å².